The highest BCUT2D eigenvalue weighted by molar-refractivity contribution is 6.30. The zero-order chi connectivity index (χ0) is 10.1. The van der Waals surface area contributed by atoms with Crippen LogP contribution in [-0.4, -0.2) is 23.9 Å². The van der Waals surface area contributed by atoms with Gasteiger partial charge in [-0.15, -0.1) is 0 Å². The lowest BCUT2D eigenvalue weighted by Gasteiger charge is -2.15. The Hall–Kier alpha value is -1.16. The van der Waals surface area contributed by atoms with Crippen molar-refractivity contribution in [3.63, 3.8) is 0 Å². The number of carbonyl (C=O) groups is 1. The first-order chi connectivity index (χ1) is 6.66. The number of nitrogens with zero attached hydrogens (tertiary/aromatic N) is 2. The van der Waals surface area contributed by atoms with E-state index in [0.29, 0.717) is 13.0 Å². The highest BCUT2D eigenvalue weighted by atomic mass is 35.5. The van der Waals surface area contributed by atoms with Gasteiger partial charge in [0.2, 0.25) is 0 Å². The van der Waals surface area contributed by atoms with E-state index in [2.05, 4.69) is 4.98 Å². The second kappa shape index (κ2) is 3.53. The molecule has 0 amide bonds. The highest BCUT2D eigenvalue weighted by Crippen LogP contribution is 2.21. The van der Waals surface area contributed by atoms with Crippen molar-refractivity contribution >= 4 is 23.2 Å². The van der Waals surface area contributed by atoms with E-state index in [4.69, 9.17) is 11.6 Å². The van der Waals surface area contributed by atoms with Crippen LogP contribution in [0.25, 0.3) is 0 Å². The van der Waals surface area contributed by atoms with Crippen LogP contribution in [0.15, 0.2) is 12.3 Å². The van der Waals surface area contributed by atoms with Gasteiger partial charge in [-0.25, -0.2) is 9.37 Å². The van der Waals surface area contributed by atoms with Crippen LogP contribution in [0.5, 0.6) is 0 Å². The number of ketones is 1. The number of aromatic nitrogens is 1. The minimum Gasteiger partial charge on any atom is -0.346 e. The van der Waals surface area contributed by atoms with Crippen molar-refractivity contribution in [2.24, 2.45) is 0 Å². The Kier molecular flexibility index (Phi) is 2.37. The van der Waals surface area contributed by atoms with Gasteiger partial charge in [0.1, 0.15) is 0 Å². The van der Waals surface area contributed by atoms with Crippen molar-refractivity contribution in [1.29, 1.82) is 0 Å². The largest absolute Gasteiger partial charge is 0.346 e. The third-order valence-electron chi connectivity index (χ3n) is 2.12. The van der Waals surface area contributed by atoms with Crippen LogP contribution < -0.4 is 4.90 Å². The highest BCUT2D eigenvalue weighted by Gasteiger charge is 2.22. The van der Waals surface area contributed by atoms with Gasteiger partial charge in [-0.2, -0.15) is 0 Å². The molecule has 1 aromatic heterocycles. The molecule has 1 saturated heterocycles. The summed E-state index contributed by atoms with van der Waals surface area (Å²) in [7, 11) is 0. The van der Waals surface area contributed by atoms with Crippen molar-refractivity contribution in [2.75, 3.05) is 18.0 Å². The molecule has 74 valence electrons. The first-order valence-corrected chi connectivity index (χ1v) is 4.62. The van der Waals surface area contributed by atoms with Crippen LogP contribution in [0.2, 0.25) is 5.02 Å². The van der Waals surface area contributed by atoms with Gasteiger partial charge in [0.25, 0.3) is 0 Å². The number of hydrogen-bond acceptors (Lipinski definition) is 3. The van der Waals surface area contributed by atoms with Crippen LogP contribution >= 0.6 is 11.6 Å². The lowest BCUT2D eigenvalue weighted by molar-refractivity contribution is -0.116. The molecule has 3 nitrogen and oxygen atoms in total. The van der Waals surface area contributed by atoms with Crippen LogP contribution in [0.4, 0.5) is 10.2 Å². The lowest BCUT2D eigenvalue weighted by Crippen LogP contribution is -2.21. The summed E-state index contributed by atoms with van der Waals surface area (Å²) in [5, 5.41) is 0.261. The summed E-state index contributed by atoms with van der Waals surface area (Å²) < 4.78 is 13.3. The summed E-state index contributed by atoms with van der Waals surface area (Å²) in [5.74, 6) is -0.159. The van der Waals surface area contributed by atoms with Gasteiger partial charge >= 0.3 is 0 Å². The van der Waals surface area contributed by atoms with E-state index in [9.17, 15) is 9.18 Å². The number of rotatable bonds is 1. The van der Waals surface area contributed by atoms with E-state index < -0.39 is 5.82 Å². The molecule has 1 aromatic rings. The monoisotopic (exact) mass is 214 g/mol. The lowest BCUT2D eigenvalue weighted by atomic mass is 10.4. The second-order valence-corrected chi connectivity index (χ2v) is 3.61. The average Bonchev–Trinajstić information content (AvgIpc) is 2.51. The third kappa shape index (κ3) is 1.70. The number of anilines is 1. The average molecular weight is 215 g/mol. The fourth-order valence-electron chi connectivity index (χ4n) is 1.45. The summed E-state index contributed by atoms with van der Waals surface area (Å²) in [6.45, 7) is 0.774. The summed E-state index contributed by atoms with van der Waals surface area (Å²) in [6, 6.07) is 1.20. The van der Waals surface area contributed by atoms with Crippen molar-refractivity contribution in [2.45, 2.75) is 6.42 Å². The number of halogens is 2. The molecule has 0 saturated carbocycles. The van der Waals surface area contributed by atoms with Crippen molar-refractivity contribution in [3.8, 4) is 0 Å². The normalized spacial score (nSPS) is 16.4. The molecular formula is C9H8ClFN2O. The zero-order valence-electron chi connectivity index (χ0n) is 7.33. The van der Waals surface area contributed by atoms with Gasteiger partial charge in [0.15, 0.2) is 17.4 Å². The van der Waals surface area contributed by atoms with Crippen molar-refractivity contribution < 1.29 is 9.18 Å². The van der Waals surface area contributed by atoms with Crippen molar-refractivity contribution in [1.82, 2.24) is 4.98 Å². The van der Waals surface area contributed by atoms with Gasteiger partial charge in [-0.3, -0.25) is 4.79 Å². The van der Waals surface area contributed by atoms with E-state index in [1.807, 2.05) is 0 Å². The van der Waals surface area contributed by atoms with E-state index in [-0.39, 0.29) is 23.2 Å². The SMILES string of the molecule is O=C1CCN(c2ncc(Cl)cc2F)C1. The Bertz CT molecular complexity index is 383. The Morgan fingerprint density at radius 3 is 2.93 bits per heavy atom. The Morgan fingerprint density at radius 1 is 1.57 bits per heavy atom. The molecule has 5 heteroatoms. The van der Waals surface area contributed by atoms with Crippen LogP contribution in [0, 0.1) is 5.82 Å². The van der Waals surface area contributed by atoms with Gasteiger partial charge in [-0.1, -0.05) is 11.6 Å². The Morgan fingerprint density at radius 2 is 2.36 bits per heavy atom. The molecule has 1 aliphatic rings. The molecule has 14 heavy (non-hydrogen) atoms. The maximum atomic E-state index is 13.3. The van der Waals surface area contributed by atoms with Gasteiger partial charge in [-0.05, 0) is 6.07 Å². The molecule has 0 aliphatic carbocycles. The summed E-state index contributed by atoms with van der Waals surface area (Å²) in [5.41, 5.74) is 0. The minimum atomic E-state index is -0.479. The number of carbonyl (C=O) groups excluding carboxylic acids is 1. The number of Topliss-reactive ketones (excluding diaryl/α,β-unsaturated/α-hetero) is 1. The Balaban J connectivity index is 2.28. The number of pyridine rings is 1. The first kappa shape index (κ1) is 9.40. The fraction of sp³-hybridized carbons (Fsp3) is 0.333. The molecule has 0 N–H and O–H groups in total. The standard InChI is InChI=1S/C9H8ClFN2O/c10-6-3-8(11)9(12-4-6)13-2-1-7(14)5-13/h3-4H,1-2,5H2. The zero-order valence-corrected chi connectivity index (χ0v) is 8.09. The summed E-state index contributed by atoms with van der Waals surface area (Å²) in [4.78, 5) is 16.5. The van der Waals surface area contributed by atoms with Gasteiger partial charge < -0.3 is 4.90 Å². The van der Waals surface area contributed by atoms with Gasteiger partial charge in [0.05, 0.1) is 11.6 Å². The molecule has 0 atom stereocenters. The molecule has 1 aliphatic heterocycles. The second-order valence-electron chi connectivity index (χ2n) is 3.17. The third-order valence-corrected chi connectivity index (χ3v) is 2.32. The Labute approximate surface area is 85.5 Å². The molecule has 0 radical (unpaired) electrons. The smallest absolute Gasteiger partial charge is 0.167 e. The predicted molar refractivity (Wildman–Crippen MR) is 51.0 cm³/mol. The summed E-state index contributed by atoms with van der Waals surface area (Å²) >= 11 is 5.56. The van der Waals surface area contributed by atoms with Crippen LogP contribution in [-0.2, 0) is 4.79 Å². The number of hydrogen-bond donors (Lipinski definition) is 0. The fourth-order valence-corrected chi connectivity index (χ4v) is 1.60. The molecule has 1 fully saturated rings. The van der Waals surface area contributed by atoms with E-state index in [1.165, 1.54) is 12.3 Å². The molecule has 2 heterocycles. The molecule has 2 rings (SSSR count). The first-order valence-electron chi connectivity index (χ1n) is 4.24. The van der Waals surface area contributed by atoms with Crippen LogP contribution in [0.3, 0.4) is 0 Å². The summed E-state index contributed by atoms with van der Waals surface area (Å²) in [6.07, 6.45) is 1.84. The topological polar surface area (TPSA) is 33.2 Å². The molecular weight excluding hydrogens is 207 g/mol. The predicted octanol–water partition coefficient (Wildman–Crippen LogP) is 1.65. The van der Waals surface area contributed by atoms with E-state index in [0.717, 1.165) is 0 Å². The molecule has 0 unspecified atom stereocenters. The minimum absolute atomic E-state index is 0.112. The van der Waals surface area contributed by atoms with Crippen molar-refractivity contribution in [3.05, 3.63) is 23.1 Å². The van der Waals surface area contributed by atoms with Crippen LogP contribution in [0.1, 0.15) is 6.42 Å². The van der Waals surface area contributed by atoms with E-state index >= 15 is 0 Å². The van der Waals surface area contributed by atoms with Gasteiger partial charge in [0, 0.05) is 19.2 Å². The maximum Gasteiger partial charge on any atom is 0.167 e. The quantitative estimate of drug-likeness (QED) is 0.713. The molecule has 0 spiro atoms. The van der Waals surface area contributed by atoms with E-state index in [1.54, 1.807) is 4.90 Å². The molecule has 0 aromatic carbocycles. The molecule has 0 bridgehead atoms. The maximum absolute atomic E-state index is 13.3.